The Labute approximate surface area is 113 Å². The number of hydrogen-bond donors (Lipinski definition) is 0. The van der Waals surface area contributed by atoms with Gasteiger partial charge in [-0.25, -0.2) is 0 Å². The Hall–Kier alpha value is -1.70. The fraction of sp³-hybridized carbons (Fsp3) is 0.412. The summed E-state index contributed by atoms with van der Waals surface area (Å²) in [5.41, 5.74) is 5.49. The number of rotatable bonds is 2. The highest BCUT2D eigenvalue weighted by atomic mass is 16.1. The maximum Gasteiger partial charge on any atom is 0.160 e. The lowest BCUT2D eigenvalue weighted by molar-refractivity contribution is 0.101. The summed E-state index contributed by atoms with van der Waals surface area (Å²) in [6.45, 7) is 6.03. The molecule has 0 bridgehead atoms. The summed E-state index contributed by atoms with van der Waals surface area (Å²) in [6.07, 6.45) is 3.13. The molecular weight excluding hydrogens is 234 g/mol. The van der Waals surface area contributed by atoms with Crippen LogP contribution in [-0.4, -0.2) is 10.8 Å². The van der Waals surface area contributed by atoms with Crippen LogP contribution >= 0.6 is 0 Å². The second-order valence-electron chi connectivity index (χ2n) is 5.75. The van der Waals surface area contributed by atoms with Gasteiger partial charge in [0.05, 0.1) is 5.52 Å². The molecule has 1 heterocycles. The Kier molecular flexibility index (Phi) is 2.89. The van der Waals surface area contributed by atoms with E-state index in [9.17, 15) is 4.79 Å². The number of aromatic nitrogens is 1. The van der Waals surface area contributed by atoms with Crippen LogP contribution in [0.5, 0.6) is 0 Å². The van der Waals surface area contributed by atoms with Crippen LogP contribution < -0.4 is 0 Å². The van der Waals surface area contributed by atoms with Crippen molar-refractivity contribution in [3.8, 4) is 0 Å². The monoisotopic (exact) mass is 253 g/mol. The highest BCUT2D eigenvalue weighted by Gasteiger charge is 2.22. The number of ketones is 1. The Bertz CT molecular complexity index is 671. The van der Waals surface area contributed by atoms with Crippen molar-refractivity contribution in [1.29, 1.82) is 0 Å². The van der Waals surface area contributed by atoms with Crippen LogP contribution in [-0.2, 0) is 12.8 Å². The van der Waals surface area contributed by atoms with Gasteiger partial charge in [-0.2, -0.15) is 0 Å². The van der Waals surface area contributed by atoms with E-state index in [1.807, 2.05) is 0 Å². The molecule has 2 heteroatoms. The molecule has 0 atom stereocenters. The number of carbonyl (C=O) groups is 1. The van der Waals surface area contributed by atoms with E-state index in [1.165, 1.54) is 11.1 Å². The van der Waals surface area contributed by atoms with Gasteiger partial charge in [-0.05, 0) is 55.4 Å². The maximum absolute atomic E-state index is 12.1. The largest absolute Gasteiger partial charge is 0.294 e. The summed E-state index contributed by atoms with van der Waals surface area (Å²) >= 11 is 0. The van der Waals surface area contributed by atoms with Crippen LogP contribution in [0.3, 0.4) is 0 Å². The molecule has 19 heavy (non-hydrogen) atoms. The van der Waals surface area contributed by atoms with Crippen LogP contribution in [0.15, 0.2) is 18.2 Å². The van der Waals surface area contributed by atoms with Crippen molar-refractivity contribution in [3.05, 3.63) is 40.6 Å². The van der Waals surface area contributed by atoms with Crippen molar-refractivity contribution in [2.45, 2.75) is 46.0 Å². The minimum atomic E-state index is 0.173. The summed E-state index contributed by atoms with van der Waals surface area (Å²) in [5, 5.41) is 1.04. The number of pyridine rings is 1. The second kappa shape index (κ2) is 4.44. The summed E-state index contributed by atoms with van der Waals surface area (Å²) < 4.78 is 0. The number of benzene rings is 1. The van der Waals surface area contributed by atoms with Crippen LogP contribution in [0.1, 0.15) is 60.3 Å². The minimum absolute atomic E-state index is 0.173. The van der Waals surface area contributed by atoms with Gasteiger partial charge in [-0.15, -0.1) is 0 Å². The molecule has 0 saturated heterocycles. The van der Waals surface area contributed by atoms with E-state index in [-0.39, 0.29) is 5.78 Å². The zero-order valence-corrected chi connectivity index (χ0v) is 11.8. The molecule has 1 aliphatic rings. The molecule has 0 fully saturated rings. The van der Waals surface area contributed by atoms with E-state index in [4.69, 9.17) is 4.98 Å². The van der Waals surface area contributed by atoms with Gasteiger partial charge in [0.15, 0.2) is 5.78 Å². The van der Waals surface area contributed by atoms with Crippen molar-refractivity contribution in [1.82, 2.24) is 4.98 Å². The lowest BCUT2D eigenvalue weighted by Gasteiger charge is -2.12. The standard InChI is InChI=1S/C17H19NO/c1-10(2)12-7-8-16-14(9-12)17(11(3)19)13-5-4-6-15(13)18-16/h7-10H,4-6H2,1-3H3. The summed E-state index contributed by atoms with van der Waals surface area (Å²) in [5.74, 6) is 0.643. The van der Waals surface area contributed by atoms with Crippen LogP contribution in [0, 0.1) is 0 Å². The van der Waals surface area contributed by atoms with Crippen molar-refractivity contribution in [3.63, 3.8) is 0 Å². The van der Waals surface area contributed by atoms with Crippen molar-refractivity contribution < 1.29 is 4.79 Å². The Morgan fingerprint density at radius 3 is 2.74 bits per heavy atom. The number of fused-ring (bicyclic) bond motifs is 2. The van der Waals surface area contributed by atoms with Gasteiger partial charge in [0.1, 0.15) is 0 Å². The Morgan fingerprint density at radius 1 is 1.26 bits per heavy atom. The minimum Gasteiger partial charge on any atom is -0.294 e. The van der Waals surface area contributed by atoms with Gasteiger partial charge in [-0.1, -0.05) is 19.9 Å². The number of Topliss-reactive ketones (excluding diaryl/α,β-unsaturated/α-hetero) is 1. The van der Waals surface area contributed by atoms with Gasteiger partial charge < -0.3 is 0 Å². The third-order valence-corrected chi connectivity index (χ3v) is 4.05. The molecule has 0 spiro atoms. The smallest absolute Gasteiger partial charge is 0.160 e. The van der Waals surface area contributed by atoms with E-state index in [2.05, 4.69) is 32.0 Å². The average Bonchev–Trinajstić information content (AvgIpc) is 2.81. The number of nitrogens with zero attached hydrogens (tertiary/aromatic N) is 1. The van der Waals surface area contributed by atoms with E-state index in [1.54, 1.807) is 6.92 Å². The molecule has 1 aliphatic carbocycles. The molecular formula is C17H19NO. The van der Waals surface area contributed by atoms with Gasteiger partial charge in [0.25, 0.3) is 0 Å². The first-order chi connectivity index (χ1) is 9.08. The van der Waals surface area contributed by atoms with Crippen LogP contribution in [0.25, 0.3) is 10.9 Å². The van der Waals surface area contributed by atoms with Crippen LogP contribution in [0.4, 0.5) is 0 Å². The average molecular weight is 253 g/mol. The van der Waals surface area contributed by atoms with Crippen molar-refractivity contribution >= 4 is 16.7 Å². The summed E-state index contributed by atoms with van der Waals surface area (Å²) in [4.78, 5) is 16.8. The Balaban J connectivity index is 2.36. The molecule has 0 N–H and O–H groups in total. The number of aryl methyl sites for hydroxylation is 1. The van der Waals surface area contributed by atoms with Gasteiger partial charge in [0.2, 0.25) is 0 Å². The van der Waals surface area contributed by atoms with E-state index < -0.39 is 0 Å². The Morgan fingerprint density at radius 2 is 2.05 bits per heavy atom. The van der Waals surface area contributed by atoms with E-state index in [0.29, 0.717) is 5.92 Å². The predicted octanol–water partition coefficient (Wildman–Crippen LogP) is 4.05. The van der Waals surface area contributed by atoms with Gasteiger partial charge >= 0.3 is 0 Å². The zero-order chi connectivity index (χ0) is 13.6. The third-order valence-electron chi connectivity index (χ3n) is 4.05. The zero-order valence-electron chi connectivity index (χ0n) is 11.8. The highest BCUT2D eigenvalue weighted by molar-refractivity contribution is 6.08. The number of carbonyl (C=O) groups excluding carboxylic acids is 1. The molecule has 0 amide bonds. The maximum atomic E-state index is 12.1. The number of hydrogen-bond acceptors (Lipinski definition) is 2. The van der Waals surface area contributed by atoms with Gasteiger partial charge in [0, 0.05) is 16.6 Å². The quantitative estimate of drug-likeness (QED) is 0.756. The molecule has 0 saturated carbocycles. The molecule has 1 aromatic carbocycles. The predicted molar refractivity (Wildman–Crippen MR) is 77.9 cm³/mol. The summed E-state index contributed by atoms with van der Waals surface area (Å²) in [6, 6.07) is 6.35. The SMILES string of the molecule is CC(=O)c1c2c(nc3ccc(C(C)C)cc13)CCC2. The summed E-state index contributed by atoms with van der Waals surface area (Å²) in [7, 11) is 0. The van der Waals surface area contributed by atoms with Crippen LogP contribution in [0.2, 0.25) is 0 Å². The van der Waals surface area contributed by atoms with Crippen molar-refractivity contribution in [2.24, 2.45) is 0 Å². The lowest BCUT2D eigenvalue weighted by Crippen LogP contribution is -2.04. The van der Waals surface area contributed by atoms with E-state index in [0.717, 1.165) is 41.4 Å². The molecule has 0 unspecified atom stereocenters. The first kappa shape index (κ1) is 12.3. The third kappa shape index (κ3) is 1.95. The molecule has 3 rings (SSSR count). The van der Waals surface area contributed by atoms with Crippen molar-refractivity contribution in [2.75, 3.05) is 0 Å². The molecule has 98 valence electrons. The fourth-order valence-corrected chi connectivity index (χ4v) is 3.04. The highest BCUT2D eigenvalue weighted by Crippen LogP contribution is 2.31. The fourth-order valence-electron chi connectivity index (χ4n) is 3.04. The van der Waals surface area contributed by atoms with Gasteiger partial charge in [-0.3, -0.25) is 9.78 Å². The first-order valence-electron chi connectivity index (χ1n) is 7.04. The van der Waals surface area contributed by atoms with E-state index >= 15 is 0 Å². The normalized spacial score (nSPS) is 14.1. The molecule has 2 aromatic rings. The second-order valence-corrected chi connectivity index (χ2v) is 5.75. The topological polar surface area (TPSA) is 30.0 Å². The molecule has 0 aliphatic heterocycles. The first-order valence-corrected chi connectivity index (χ1v) is 7.04. The molecule has 2 nitrogen and oxygen atoms in total. The molecule has 0 radical (unpaired) electrons. The lowest BCUT2D eigenvalue weighted by atomic mass is 9.94. The molecule has 1 aromatic heterocycles.